The molecule has 22 heavy (non-hydrogen) atoms. The molecule has 0 heterocycles. The Labute approximate surface area is 135 Å². The van der Waals surface area contributed by atoms with Crippen LogP contribution in [-0.2, 0) is 0 Å². The van der Waals surface area contributed by atoms with Crippen molar-refractivity contribution >= 4 is 7.81 Å². The van der Waals surface area contributed by atoms with Gasteiger partial charge in [0, 0.05) is 0 Å². The van der Waals surface area contributed by atoms with E-state index in [1.165, 1.54) is 18.3 Å². The molecule has 0 amide bonds. The zero-order chi connectivity index (χ0) is 17.1. The maximum atomic E-state index is 9.87. The van der Waals surface area contributed by atoms with E-state index in [2.05, 4.69) is 62.4 Å². The molecule has 0 atom stereocenters. The van der Waals surface area contributed by atoms with Crippen molar-refractivity contribution < 1.29 is 46.4 Å². The van der Waals surface area contributed by atoms with Crippen LogP contribution < -0.4 is 21.2 Å². The molecule has 0 N–H and O–H groups in total. The predicted molar refractivity (Wildman–Crippen MR) is 73.3 cm³/mol. The second-order valence-electron chi connectivity index (χ2n) is 4.65. The van der Waals surface area contributed by atoms with Crippen molar-refractivity contribution in [2.45, 2.75) is 13.8 Å². The molecular formula is C14H14F6IP. The molecule has 0 unspecified atom stereocenters. The van der Waals surface area contributed by atoms with E-state index in [-0.39, 0.29) is 21.2 Å². The average Bonchev–Trinajstić information content (AvgIpc) is 2.28. The maximum absolute atomic E-state index is 10.7. The molecule has 0 spiro atoms. The van der Waals surface area contributed by atoms with Crippen molar-refractivity contribution in [3.05, 3.63) is 66.8 Å². The summed E-state index contributed by atoms with van der Waals surface area (Å²) in [7, 11) is -10.7. The summed E-state index contributed by atoms with van der Waals surface area (Å²) >= 11 is -0.000856. The van der Waals surface area contributed by atoms with Gasteiger partial charge in [0.1, 0.15) is 0 Å². The third kappa shape index (κ3) is 11.8. The van der Waals surface area contributed by atoms with E-state index in [0.717, 1.165) is 0 Å². The number of rotatable bonds is 2. The van der Waals surface area contributed by atoms with Crippen LogP contribution in [0, 0.1) is 21.0 Å². The van der Waals surface area contributed by atoms with Crippen LogP contribution in [0.25, 0.3) is 0 Å². The Balaban J connectivity index is 0.000000295. The van der Waals surface area contributed by atoms with E-state index in [1.807, 2.05) is 0 Å². The zero-order valence-electron chi connectivity index (χ0n) is 11.7. The first-order chi connectivity index (χ1) is 9.69. The van der Waals surface area contributed by atoms with E-state index in [0.29, 0.717) is 0 Å². The summed E-state index contributed by atoms with van der Waals surface area (Å²) in [6.07, 6.45) is 0. The van der Waals surface area contributed by atoms with Gasteiger partial charge in [-0.2, -0.15) is 0 Å². The van der Waals surface area contributed by atoms with Crippen molar-refractivity contribution in [3.63, 3.8) is 0 Å². The molecule has 2 rings (SSSR count). The Hall–Kier alpha value is -0.820. The summed E-state index contributed by atoms with van der Waals surface area (Å²) in [5.74, 6) is 0. The third-order valence-electron chi connectivity index (χ3n) is 2.21. The topological polar surface area (TPSA) is 0 Å². The molecule has 0 nitrogen and oxygen atoms in total. The second-order valence-corrected chi connectivity index (χ2v) is 9.59. The van der Waals surface area contributed by atoms with Crippen LogP contribution in [0.15, 0.2) is 48.5 Å². The normalized spacial score (nSPS) is 14.4. The van der Waals surface area contributed by atoms with Crippen LogP contribution in [0.2, 0.25) is 0 Å². The first-order valence-electron chi connectivity index (χ1n) is 6.03. The number of halogens is 7. The van der Waals surface area contributed by atoms with Crippen LogP contribution >= 0.6 is 7.81 Å². The van der Waals surface area contributed by atoms with Gasteiger partial charge >= 0.3 is 54.2 Å². The van der Waals surface area contributed by atoms with Gasteiger partial charge in [-0.1, -0.05) is 29.8 Å². The fraction of sp³-hybridized carbons (Fsp3) is 0.143. The fourth-order valence-corrected chi connectivity index (χ4v) is 3.86. The molecule has 8 heteroatoms. The molecule has 0 aromatic heterocycles. The van der Waals surface area contributed by atoms with Gasteiger partial charge < -0.3 is 0 Å². The van der Waals surface area contributed by atoms with Gasteiger partial charge in [0.05, 0.1) is 0 Å². The van der Waals surface area contributed by atoms with Crippen molar-refractivity contribution in [3.8, 4) is 0 Å². The van der Waals surface area contributed by atoms with Crippen LogP contribution in [0.1, 0.15) is 11.1 Å². The van der Waals surface area contributed by atoms with Crippen LogP contribution in [-0.4, -0.2) is 0 Å². The average molecular weight is 454 g/mol. The summed E-state index contributed by atoms with van der Waals surface area (Å²) in [6, 6.07) is 17.7. The second kappa shape index (κ2) is 6.00. The van der Waals surface area contributed by atoms with Gasteiger partial charge in [-0.15, -0.1) is 0 Å². The molecule has 124 valence electrons. The van der Waals surface area contributed by atoms with Gasteiger partial charge in [0.2, 0.25) is 0 Å². The van der Waals surface area contributed by atoms with E-state index in [9.17, 15) is 25.2 Å². The Kier molecular flexibility index (Phi) is 5.24. The first-order valence-corrected chi connectivity index (χ1v) is 10.2. The molecule has 2 aromatic carbocycles. The summed E-state index contributed by atoms with van der Waals surface area (Å²) < 4.78 is 62.2. The van der Waals surface area contributed by atoms with Crippen molar-refractivity contribution in [1.29, 1.82) is 0 Å². The molecule has 0 aliphatic carbocycles. The van der Waals surface area contributed by atoms with Crippen molar-refractivity contribution in [2.75, 3.05) is 0 Å². The molecule has 0 radical (unpaired) electrons. The Bertz CT molecular complexity index is 623. The van der Waals surface area contributed by atoms with E-state index >= 15 is 0 Å². The SMILES string of the molecule is Cc1ccc([I+]c2cccc(C)c2)cc1.F[P-](F)(F)(F)(F)F. The summed E-state index contributed by atoms with van der Waals surface area (Å²) in [4.78, 5) is 0. The molecule has 0 aliphatic rings. The quantitative estimate of drug-likeness (QED) is 0.368. The van der Waals surface area contributed by atoms with E-state index in [1.54, 1.807) is 0 Å². The minimum atomic E-state index is -10.7. The summed E-state index contributed by atoms with van der Waals surface area (Å²) in [5, 5.41) is 0. The molecular weight excluding hydrogens is 440 g/mol. The number of hydrogen-bond acceptors (Lipinski definition) is 0. The molecule has 0 fully saturated rings. The third-order valence-corrected chi connectivity index (χ3v) is 4.85. The molecule has 0 bridgehead atoms. The molecule has 0 saturated carbocycles. The van der Waals surface area contributed by atoms with Gasteiger partial charge in [0.25, 0.3) is 0 Å². The number of benzene rings is 2. The van der Waals surface area contributed by atoms with E-state index < -0.39 is 7.81 Å². The monoisotopic (exact) mass is 454 g/mol. The first kappa shape index (κ1) is 19.2. The van der Waals surface area contributed by atoms with Gasteiger partial charge in [-0.25, -0.2) is 0 Å². The summed E-state index contributed by atoms with van der Waals surface area (Å²) in [6.45, 7) is 4.29. The minimum absolute atomic E-state index is 0.000856. The van der Waals surface area contributed by atoms with Crippen LogP contribution in [0.4, 0.5) is 25.2 Å². The van der Waals surface area contributed by atoms with Crippen molar-refractivity contribution in [1.82, 2.24) is 0 Å². The van der Waals surface area contributed by atoms with Crippen LogP contribution in [0.3, 0.4) is 0 Å². The Morgan fingerprint density at radius 1 is 0.682 bits per heavy atom. The fourth-order valence-electron chi connectivity index (χ4n) is 1.39. The Morgan fingerprint density at radius 2 is 1.18 bits per heavy atom. The van der Waals surface area contributed by atoms with Gasteiger partial charge in [0.15, 0.2) is 7.14 Å². The van der Waals surface area contributed by atoms with Crippen LogP contribution in [0.5, 0.6) is 0 Å². The van der Waals surface area contributed by atoms with Gasteiger partial charge in [-0.05, 0) is 43.7 Å². The van der Waals surface area contributed by atoms with Crippen molar-refractivity contribution in [2.24, 2.45) is 0 Å². The molecule has 2 aromatic rings. The molecule has 0 saturated heterocycles. The Morgan fingerprint density at radius 3 is 1.64 bits per heavy atom. The number of aryl methyl sites for hydroxylation is 2. The predicted octanol–water partition coefficient (Wildman–Crippen LogP) is 3.81. The summed E-state index contributed by atoms with van der Waals surface area (Å²) in [5.41, 5.74) is 2.70. The standard InChI is InChI=1S/C14H14I.F6P/c1-11-6-8-13(9-7-11)15-14-5-3-4-12(2)10-14;1-7(2,3,4,5)6/h3-10H,1-2H3;/q+1;-1. The zero-order valence-corrected chi connectivity index (χ0v) is 14.8. The van der Waals surface area contributed by atoms with Gasteiger partial charge in [-0.3, -0.25) is 0 Å². The molecule has 0 aliphatic heterocycles. The van der Waals surface area contributed by atoms with E-state index in [4.69, 9.17) is 0 Å². The number of hydrogen-bond donors (Lipinski definition) is 0.